The molecule has 1 atom stereocenters. The second-order valence-electron chi connectivity index (χ2n) is 6.80. The molecule has 0 aliphatic rings. The molecule has 2 heterocycles. The van der Waals surface area contributed by atoms with Crippen LogP contribution >= 0.6 is 0 Å². The van der Waals surface area contributed by atoms with Crippen LogP contribution in [0.4, 0.5) is 17.6 Å². The van der Waals surface area contributed by atoms with E-state index in [1.165, 1.54) is 30.5 Å². The Morgan fingerprint density at radius 3 is 2.38 bits per heavy atom. The fourth-order valence-corrected chi connectivity index (χ4v) is 3.20. The number of alkyl halides is 3. The Balaban J connectivity index is 1.66. The number of halogens is 4. The van der Waals surface area contributed by atoms with Crippen LogP contribution in [0.5, 0.6) is 5.75 Å². The van der Waals surface area contributed by atoms with Crippen LogP contribution in [0.15, 0.2) is 79.1 Å². The van der Waals surface area contributed by atoms with Gasteiger partial charge in [-0.2, -0.15) is 0 Å². The fourth-order valence-electron chi connectivity index (χ4n) is 3.20. The molecule has 4 rings (SSSR count). The van der Waals surface area contributed by atoms with E-state index in [0.29, 0.717) is 11.1 Å². The van der Waals surface area contributed by atoms with Gasteiger partial charge in [0, 0.05) is 23.3 Å². The number of pyridine rings is 2. The van der Waals surface area contributed by atoms with Crippen molar-refractivity contribution < 1.29 is 27.1 Å². The zero-order chi connectivity index (χ0) is 22.7. The van der Waals surface area contributed by atoms with Crippen molar-refractivity contribution in [3.05, 3.63) is 102 Å². The lowest BCUT2D eigenvalue weighted by atomic mass is 10.0. The third-order valence-corrected chi connectivity index (χ3v) is 4.65. The molecule has 0 saturated heterocycles. The summed E-state index contributed by atoms with van der Waals surface area (Å²) in [6.45, 7) is 0. The number of hydrogen-bond donors (Lipinski definition) is 1. The topological polar surface area (TPSA) is 64.1 Å². The van der Waals surface area contributed by atoms with Crippen molar-refractivity contribution in [1.29, 1.82) is 0 Å². The van der Waals surface area contributed by atoms with Gasteiger partial charge < -0.3 is 10.1 Å². The average molecular weight is 441 g/mol. The van der Waals surface area contributed by atoms with Crippen LogP contribution < -0.4 is 10.1 Å². The Bertz CT molecular complexity index is 1260. The molecule has 4 aromatic rings. The molecule has 0 bridgehead atoms. The lowest BCUT2D eigenvalue weighted by Gasteiger charge is -2.20. The van der Waals surface area contributed by atoms with Crippen molar-refractivity contribution >= 4 is 16.8 Å². The summed E-state index contributed by atoms with van der Waals surface area (Å²) in [5.41, 5.74) is 1.14. The predicted molar refractivity (Wildman–Crippen MR) is 108 cm³/mol. The maximum Gasteiger partial charge on any atom is 0.573 e. The molecule has 2 aromatic carbocycles. The maximum atomic E-state index is 14.5. The first-order valence-electron chi connectivity index (χ1n) is 9.42. The molecular formula is C23H15F4N3O2. The zero-order valence-corrected chi connectivity index (χ0v) is 16.3. The van der Waals surface area contributed by atoms with Crippen molar-refractivity contribution in [3.8, 4) is 5.75 Å². The summed E-state index contributed by atoms with van der Waals surface area (Å²) in [5, 5.41) is 3.55. The van der Waals surface area contributed by atoms with E-state index in [0.717, 1.165) is 17.5 Å². The van der Waals surface area contributed by atoms with Gasteiger partial charge in [-0.25, -0.2) is 4.39 Å². The summed E-state index contributed by atoms with van der Waals surface area (Å²) >= 11 is 0. The number of nitrogens with zero attached hydrogens (tertiary/aromatic N) is 2. The Labute approximate surface area is 179 Å². The van der Waals surface area contributed by atoms with Gasteiger partial charge in [0.15, 0.2) is 0 Å². The number of nitrogens with one attached hydrogen (secondary N) is 1. The average Bonchev–Trinajstić information content (AvgIpc) is 2.77. The second kappa shape index (κ2) is 8.62. The Kier molecular flexibility index (Phi) is 5.72. The first kappa shape index (κ1) is 21.2. The van der Waals surface area contributed by atoms with Crippen LogP contribution in [0, 0.1) is 5.82 Å². The molecule has 0 aliphatic heterocycles. The number of benzene rings is 2. The number of carbonyl (C=O) groups is 1. The number of aromatic nitrogens is 2. The van der Waals surface area contributed by atoms with Crippen molar-refractivity contribution in [3.63, 3.8) is 0 Å². The molecule has 0 saturated carbocycles. The van der Waals surface area contributed by atoms with Gasteiger partial charge in [0.1, 0.15) is 17.3 Å². The summed E-state index contributed by atoms with van der Waals surface area (Å²) in [6.07, 6.45) is -1.88. The highest BCUT2D eigenvalue weighted by Crippen LogP contribution is 2.28. The molecule has 1 amide bonds. The molecular weight excluding hydrogens is 426 g/mol. The number of amides is 1. The Hall–Kier alpha value is -4.01. The molecule has 0 fully saturated rings. The van der Waals surface area contributed by atoms with Gasteiger partial charge in [0.2, 0.25) is 0 Å². The summed E-state index contributed by atoms with van der Waals surface area (Å²) in [7, 11) is 0. The second-order valence-corrected chi connectivity index (χ2v) is 6.80. The summed E-state index contributed by atoms with van der Waals surface area (Å²) in [5.74, 6) is -1.63. The number of ether oxygens (including phenoxy) is 1. The molecule has 1 unspecified atom stereocenters. The van der Waals surface area contributed by atoms with Crippen LogP contribution in [0.3, 0.4) is 0 Å². The monoisotopic (exact) mass is 441 g/mol. The number of fused-ring (bicyclic) bond motifs is 1. The largest absolute Gasteiger partial charge is 0.573 e. The molecule has 32 heavy (non-hydrogen) atoms. The van der Waals surface area contributed by atoms with E-state index >= 15 is 0 Å². The summed E-state index contributed by atoms with van der Waals surface area (Å²) < 4.78 is 55.7. The number of hydrogen-bond acceptors (Lipinski definition) is 4. The zero-order valence-electron chi connectivity index (χ0n) is 16.3. The molecule has 5 nitrogen and oxygen atoms in total. The highest BCUT2D eigenvalue weighted by molar-refractivity contribution is 5.98. The van der Waals surface area contributed by atoms with Gasteiger partial charge in [-0.15, -0.1) is 13.2 Å². The maximum absolute atomic E-state index is 14.5. The van der Waals surface area contributed by atoms with Crippen LogP contribution in [0.2, 0.25) is 0 Å². The molecule has 1 N–H and O–H groups in total. The van der Waals surface area contributed by atoms with Gasteiger partial charge in [0.05, 0.1) is 11.6 Å². The molecule has 9 heteroatoms. The molecule has 0 aliphatic carbocycles. The van der Waals surface area contributed by atoms with E-state index in [1.807, 2.05) is 6.07 Å². The number of rotatable bonds is 5. The normalized spacial score (nSPS) is 12.4. The van der Waals surface area contributed by atoms with Crippen LogP contribution in [-0.4, -0.2) is 22.2 Å². The van der Waals surface area contributed by atoms with Crippen molar-refractivity contribution in [2.75, 3.05) is 0 Å². The minimum absolute atomic E-state index is 0.0794. The molecule has 162 valence electrons. The van der Waals surface area contributed by atoms with Crippen molar-refractivity contribution in [2.24, 2.45) is 0 Å². The first-order valence-corrected chi connectivity index (χ1v) is 9.42. The Morgan fingerprint density at radius 2 is 1.66 bits per heavy atom. The van der Waals surface area contributed by atoms with Gasteiger partial charge in [-0.3, -0.25) is 14.8 Å². The van der Waals surface area contributed by atoms with E-state index in [9.17, 15) is 22.4 Å². The van der Waals surface area contributed by atoms with E-state index in [1.54, 1.807) is 30.5 Å². The minimum Gasteiger partial charge on any atom is -0.406 e. The molecule has 2 aromatic heterocycles. The van der Waals surface area contributed by atoms with Gasteiger partial charge in [0.25, 0.3) is 5.91 Å². The minimum atomic E-state index is -4.84. The van der Waals surface area contributed by atoms with E-state index in [2.05, 4.69) is 20.0 Å². The Morgan fingerprint density at radius 1 is 0.938 bits per heavy atom. The fraction of sp³-hybridized carbons (Fsp3) is 0.0870. The first-order chi connectivity index (χ1) is 15.3. The summed E-state index contributed by atoms with van der Waals surface area (Å²) in [6, 6.07) is 14.9. The van der Waals surface area contributed by atoms with E-state index in [-0.39, 0.29) is 11.3 Å². The molecule has 0 radical (unpaired) electrons. The van der Waals surface area contributed by atoms with Gasteiger partial charge in [-0.05, 0) is 48.0 Å². The SMILES string of the molecule is O=C(NC(c1ccc(OC(F)(F)F)cc1)c1ncccc1F)c1ccc2cccnc2c1. The van der Waals surface area contributed by atoms with Crippen LogP contribution in [-0.2, 0) is 0 Å². The lowest BCUT2D eigenvalue weighted by molar-refractivity contribution is -0.274. The standard InChI is InChI=1S/C23H15F4N3O2/c24-18-4-2-12-29-21(18)20(15-7-9-17(10-8-15)32-23(25,26)27)30-22(31)16-6-5-14-3-1-11-28-19(14)13-16/h1-13,20H,(H,30,31). The van der Waals surface area contributed by atoms with E-state index in [4.69, 9.17) is 0 Å². The van der Waals surface area contributed by atoms with Crippen molar-refractivity contribution in [2.45, 2.75) is 12.4 Å². The highest BCUT2D eigenvalue weighted by atomic mass is 19.4. The van der Waals surface area contributed by atoms with Crippen LogP contribution in [0.25, 0.3) is 10.9 Å². The number of carbonyl (C=O) groups excluding carboxylic acids is 1. The van der Waals surface area contributed by atoms with Gasteiger partial charge in [-0.1, -0.05) is 24.3 Å². The van der Waals surface area contributed by atoms with E-state index < -0.39 is 29.9 Å². The smallest absolute Gasteiger partial charge is 0.406 e. The third-order valence-electron chi connectivity index (χ3n) is 4.65. The highest BCUT2D eigenvalue weighted by Gasteiger charge is 2.31. The summed E-state index contributed by atoms with van der Waals surface area (Å²) in [4.78, 5) is 21.2. The molecule has 0 spiro atoms. The lowest BCUT2D eigenvalue weighted by Crippen LogP contribution is -2.30. The predicted octanol–water partition coefficient (Wildman–Crippen LogP) is 5.19. The van der Waals surface area contributed by atoms with Crippen LogP contribution in [0.1, 0.15) is 27.7 Å². The van der Waals surface area contributed by atoms with Crippen molar-refractivity contribution in [1.82, 2.24) is 15.3 Å². The third kappa shape index (κ3) is 4.83. The van der Waals surface area contributed by atoms with Gasteiger partial charge >= 0.3 is 6.36 Å². The quantitative estimate of drug-likeness (QED) is 0.433.